The number of aromatic nitrogens is 3. The molecule has 3 rings (SSSR count). The van der Waals surface area contributed by atoms with Crippen LogP contribution in [-0.2, 0) is 9.59 Å². The average Bonchev–Trinajstić information content (AvgIpc) is 2.94. The number of hydrogen-bond acceptors (Lipinski definition) is 4. The summed E-state index contributed by atoms with van der Waals surface area (Å²) in [4.78, 5) is 43.9. The third-order valence-corrected chi connectivity index (χ3v) is 3.37. The number of H-pyrrole nitrogens is 2. The number of rotatable bonds is 5. The topological polar surface area (TPSA) is 120 Å². The van der Waals surface area contributed by atoms with Gasteiger partial charge < -0.3 is 15.6 Å². The monoisotopic (exact) mass is 343 g/mol. The van der Waals surface area contributed by atoms with Gasteiger partial charge in [-0.15, -0.1) is 0 Å². The molecule has 0 bridgehead atoms. The number of pyridine rings is 1. The quantitative estimate of drug-likeness (QED) is 0.564. The van der Waals surface area contributed by atoms with E-state index >= 15 is 0 Å². The molecule has 0 radical (unpaired) electrons. The Labute approximate surface area is 140 Å². The van der Waals surface area contributed by atoms with Gasteiger partial charge in [-0.25, -0.2) is 14.2 Å². The Morgan fingerprint density at radius 2 is 1.72 bits per heavy atom. The number of amides is 2. The molecule has 0 spiro atoms. The van der Waals surface area contributed by atoms with Gasteiger partial charge >= 0.3 is 5.69 Å². The van der Waals surface area contributed by atoms with E-state index < -0.39 is 23.3 Å². The fourth-order valence-corrected chi connectivity index (χ4v) is 2.19. The number of nitrogens with zero attached hydrogens (tertiary/aromatic N) is 1. The Balaban J connectivity index is 1.54. The number of benzene rings is 1. The number of carbonyl (C=O) groups is 2. The molecule has 128 valence electrons. The molecular weight excluding hydrogens is 329 g/mol. The molecule has 0 aliphatic heterocycles. The molecule has 2 amide bonds. The zero-order chi connectivity index (χ0) is 17.8. The van der Waals surface area contributed by atoms with E-state index in [-0.39, 0.29) is 24.3 Å². The molecule has 0 aliphatic rings. The second-order valence-corrected chi connectivity index (χ2v) is 5.25. The van der Waals surface area contributed by atoms with E-state index in [1.54, 1.807) is 12.1 Å². The lowest BCUT2D eigenvalue weighted by molar-refractivity contribution is -0.121. The zero-order valence-electron chi connectivity index (χ0n) is 12.9. The summed E-state index contributed by atoms with van der Waals surface area (Å²) >= 11 is 0. The summed E-state index contributed by atoms with van der Waals surface area (Å²) in [6, 6.07) is 8.91. The van der Waals surface area contributed by atoms with Crippen molar-refractivity contribution in [1.29, 1.82) is 0 Å². The van der Waals surface area contributed by atoms with Crippen LogP contribution in [0.3, 0.4) is 0 Å². The van der Waals surface area contributed by atoms with Crippen molar-refractivity contribution in [3.8, 4) is 0 Å². The van der Waals surface area contributed by atoms with Gasteiger partial charge in [0.05, 0.1) is 11.2 Å². The molecule has 3 aromatic rings. The number of halogens is 1. The minimum Gasteiger partial charge on any atom is -0.324 e. The lowest BCUT2D eigenvalue weighted by Gasteiger charge is -2.07. The predicted octanol–water partition coefficient (Wildman–Crippen LogP) is 1.75. The summed E-state index contributed by atoms with van der Waals surface area (Å²) in [6.45, 7) is 0. The van der Waals surface area contributed by atoms with E-state index in [4.69, 9.17) is 0 Å². The molecule has 2 heterocycles. The third-order valence-electron chi connectivity index (χ3n) is 3.37. The van der Waals surface area contributed by atoms with Crippen molar-refractivity contribution in [1.82, 2.24) is 15.0 Å². The minimum atomic E-state index is -0.543. The molecule has 9 heteroatoms. The lowest BCUT2D eigenvalue weighted by atomic mass is 10.2. The number of aromatic amines is 2. The summed E-state index contributed by atoms with van der Waals surface area (Å²) in [7, 11) is 0. The molecule has 0 saturated carbocycles. The second kappa shape index (κ2) is 6.95. The first kappa shape index (κ1) is 16.4. The molecule has 0 fully saturated rings. The van der Waals surface area contributed by atoms with Crippen molar-refractivity contribution in [2.75, 3.05) is 10.6 Å². The number of carbonyl (C=O) groups excluding carboxylic acids is 2. The Morgan fingerprint density at radius 3 is 2.48 bits per heavy atom. The highest BCUT2D eigenvalue weighted by atomic mass is 19.1. The van der Waals surface area contributed by atoms with Gasteiger partial charge in [0.1, 0.15) is 11.6 Å². The van der Waals surface area contributed by atoms with Crippen LogP contribution >= 0.6 is 0 Å². The second-order valence-electron chi connectivity index (χ2n) is 5.25. The largest absolute Gasteiger partial charge is 0.325 e. The van der Waals surface area contributed by atoms with Gasteiger partial charge in [-0.2, -0.15) is 0 Å². The number of anilines is 2. The van der Waals surface area contributed by atoms with Gasteiger partial charge in [0.2, 0.25) is 11.8 Å². The normalized spacial score (nSPS) is 10.6. The molecular formula is C16H14FN5O3. The first-order valence-electron chi connectivity index (χ1n) is 7.44. The fraction of sp³-hybridized carbons (Fsp3) is 0.125. The van der Waals surface area contributed by atoms with E-state index in [0.29, 0.717) is 11.2 Å². The average molecular weight is 343 g/mol. The van der Waals surface area contributed by atoms with Gasteiger partial charge in [0.15, 0.2) is 5.65 Å². The highest BCUT2D eigenvalue weighted by Crippen LogP contribution is 2.13. The van der Waals surface area contributed by atoms with Gasteiger partial charge in [0, 0.05) is 12.8 Å². The van der Waals surface area contributed by atoms with Gasteiger partial charge in [0.25, 0.3) is 0 Å². The number of para-hydroxylation sites is 1. The van der Waals surface area contributed by atoms with Crippen molar-refractivity contribution in [2.45, 2.75) is 12.8 Å². The maximum atomic E-state index is 13.4. The van der Waals surface area contributed by atoms with Crippen LogP contribution in [0.2, 0.25) is 0 Å². The van der Waals surface area contributed by atoms with E-state index in [2.05, 4.69) is 25.6 Å². The molecule has 0 atom stereocenters. The van der Waals surface area contributed by atoms with Gasteiger partial charge in [-0.05, 0) is 24.3 Å². The van der Waals surface area contributed by atoms with Crippen molar-refractivity contribution in [2.24, 2.45) is 0 Å². The highest BCUT2D eigenvalue weighted by molar-refractivity contribution is 5.96. The summed E-state index contributed by atoms with van der Waals surface area (Å²) in [5.74, 6) is -1.19. The minimum absolute atomic E-state index is 0.0661. The molecule has 0 unspecified atom stereocenters. The molecule has 8 nitrogen and oxygen atoms in total. The standard InChI is InChI=1S/C16H14FN5O3/c17-9-3-1-2-4-10(9)18-13(23)7-8-14(24)20-12-6-5-11-15(21-12)22-16(25)19-11/h1-6H,7-8H2,(H,18,23)(H3,19,20,21,22,24,25). The molecule has 4 N–H and O–H groups in total. The van der Waals surface area contributed by atoms with Crippen LogP contribution < -0.4 is 16.3 Å². The summed E-state index contributed by atoms with van der Waals surface area (Å²) in [5, 5.41) is 4.94. The van der Waals surface area contributed by atoms with Crippen LogP contribution in [0.1, 0.15) is 12.8 Å². The Bertz CT molecular complexity index is 995. The van der Waals surface area contributed by atoms with E-state index in [1.165, 1.54) is 24.3 Å². The first-order chi connectivity index (χ1) is 12.0. The fourth-order valence-electron chi connectivity index (χ4n) is 2.19. The predicted molar refractivity (Wildman–Crippen MR) is 89.6 cm³/mol. The summed E-state index contributed by atoms with van der Waals surface area (Å²) in [6.07, 6.45) is -0.201. The van der Waals surface area contributed by atoms with Crippen LogP contribution in [0.15, 0.2) is 41.2 Å². The summed E-state index contributed by atoms with van der Waals surface area (Å²) < 4.78 is 13.4. The van der Waals surface area contributed by atoms with Gasteiger partial charge in [-0.1, -0.05) is 12.1 Å². The third kappa shape index (κ3) is 4.08. The number of hydrogen-bond donors (Lipinski definition) is 4. The van der Waals surface area contributed by atoms with E-state index in [1.807, 2.05) is 0 Å². The van der Waals surface area contributed by atoms with Crippen molar-refractivity contribution in [3.05, 3.63) is 52.7 Å². The van der Waals surface area contributed by atoms with Crippen LogP contribution in [0.25, 0.3) is 11.2 Å². The van der Waals surface area contributed by atoms with Crippen molar-refractivity contribution < 1.29 is 14.0 Å². The molecule has 1 aromatic carbocycles. The first-order valence-corrected chi connectivity index (χ1v) is 7.44. The Hall–Kier alpha value is -3.49. The Kier molecular flexibility index (Phi) is 4.55. The molecule has 25 heavy (non-hydrogen) atoms. The summed E-state index contributed by atoms with van der Waals surface area (Å²) in [5.41, 5.74) is 0.514. The van der Waals surface area contributed by atoms with E-state index in [0.717, 1.165) is 0 Å². The van der Waals surface area contributed by atoms with Crippen LogP contribution in [-0.4, -0.2) is 26.8 Å². The Morgan fingerprint density at radius 1 is 1.00 bits per heavy atom. The number of imidazole rings is 1. The SMILES string of the molecule is O=C(CCC(=O)Nc1ccccc1F)Nc1ccc2[nH]c(=O)[nH]c2n1. The van der Waals surface area contributed by atoms with Crippen LogP contribution in [0.5, 0.6) is 0 Å². The molecule has 0 saturated heterocycles. The van der Waals surface area contributed by atoms with Crippen LogP contribution in [0.4, 0.5) is 15.9 Å². The lowest BCUT2D eigenvalue weighted by Crippen LogP contribution is -2.18. The van der Waals surface area contributed by atoms with Crippen molar-refractivity contribution >= 4 is 34.5 Å². The molecule has 2 aromatic heterocycles. The molecule has 0 aliphatic carbocycles. The smallest absolute Gasteiger partial charge is 0.324 e. The highest BCUT2D eigenvalue weighted by Gasteiger charge is 2.10. The van der Waals surface area contributed by atoms with E-state index in [9.17, 15) is 18.8 Å². The maximum absolute atomic E-state index is 13.4. The zero-order valence-corrected chi connectivity index (χ0v) is 12.9. The number of fused-ring (bicyclic) bond motifs is 1. The van der Waals surface area contributed by atoms with Gasteiger partial charge in [-0.3, -0.25) is 14.6 Å². The van der Waals surface area contributed by atoms with Crippen molar-refractivity contribution in [3.63, 3.8) is 0 Å². The maximum Gasteiger partial charge on any atom is 0.325 e. The van der Waals surface area contributed by atoms with Crippen LogP contribution in [0, 0.1) is 5.82 Å². The number of nitrogens with one attached hydrogen (secondary N) is 4.